The Hall–Kier alpha value is -1.42. The maximum atomic E-state index is 12.0. The second-order valence-electron chi connectivity index (χ2n) is 8.01. The van der Waals surface area contributed by atoms with Crippen LogP contribution in [0.3, 0.4) is 0 Å². The van der Waals surface area contributed by atoms with E-state index in [0.717, 1.165) is 71.3 Å². The summed E-state index contributed by atoms with van der Waals surface area (Å²) in [5.74, 6) is 1.04. The molecule has 0 unspecified atom stereocenters. The van der Waals surface area contributed by atoms with Crippen LogP contribution in [-0.2, 0) is 14.3 Å². The van der Waals surface area contributed by atoms with Gasteiger partial charge in [-0.3, -0.25) is 14.7 Å². The first-order valence-electron chi connectivity index (χ1n) is 10.8. The third-order valence-corrected chi connectivity index (χ3v) is 5.90. The van der Waals surface area contributed by atoms with Crippen molar-refractivity contribution in [1.29, 1.82) is 0 Å². The number of carbonyl (C=O) groups is 1. The molecule has 2 rings (SSSR count). The minimum atomic E-state index is 0.0588. The maximum Gasteiger partial charge on any atom is 0.234 e. The molecule has 2 aliphatic rings. The summed E-state index contributed by atoms with van der Waals surface area (Å²) >= 11 is 0. The molecule has 2 heterocycles. The third-order valence-electron chi connectivity index (χ3n) is 5.90. The van der Waals surface area contributed by atoms with E-state index < -0.39 is 0 Å². The van der Waals surface area contributed by atoms with Crippen molar-refractivity contribution in [3.8, 4) is 0 Å². The Kier molecular flexibility index (Phi) is 10.1. The van der Waals surface area contributed by atoms with Gasteiger partial charge in [-0.2, -0.15) is 0 Å². The molecular formula is C20H40N6O3. The first-order chi connectivity index (χ1) is 14.0. The summed E-state index contributed by atoms with van der Waals surface area (Å²) in [6.07, 6.45) is 2.02. The molecule has 2 saturated heterocycles. The molecule has 2 fully saturated rings. The number of aliphatic imine (C=N–C) groups is 1. The van der Waals surface area contributed by atoms with Crippen molar-refractivity contribution in [3.63, 3.8) is 0 Å². The number of methoxy groups -OCH3 is 1. The van der Waals surface area contributed by atoms with Gasteiger partial charge in [0.05, 0.1) is 19.7 Å². The Balaban J connectivity index is 1.88. The molecule has 2 N–H and O–H groups in total. The quantitative estimate of drug-likeness (QED) is 0.299. The standard InChI is InChI=1S/C20H40N6O3/c1-5-21-19(23-17-20(24(2)3)6-13-29-14-7-20)26-11-9-25(10-12-26)16-18(27)22-8-15-28-4/h5-17H2,1-4H3,(H,21,23)(H,22,27). The largest absolute Gasteiger partial charge is 0.383 e. The van der Waals surface area contributed by atoms with Gasteiger partial charge in [-0.05, 0) is 33.9 Å². The first-order valence-corrected chi connectivity index (χ1v) is 10.8. The average Bonchev–Trinajstić information content (AvgIpc) is 2.72. The van der Waals surface area contributed by atoms with Crippen LogP contribution in [0, 0.1) is 0 Å². The van der Waals surface area contributed by atoms with Gasteiger partial charge >= 0.3 is 0 Å². The minimum Gasteiger partial charge on any atom is -0.383 e. The van der Waals surface area contributed by atoms with Gasteiger partial charge < -0.3 is 29.9 Å². The zero-order valence-corrected chi connectivity index (χ0v) is 18.7. The molecule has 0 spiro atoms. The van der Waals surface area contributed by atoms with Gasteiger partial charge in [0, 0.05) is 65.1 Å². The van der Waals surface area contributed by atoms with Crippen molar-refractivity contribution < 1.29 is 14.3 Å². The number of nitrogens with zero attached hydrogens (tertiary/aromatic N) is 4. The molecule has 0 saturated carbocycles. The monoisotopic (exact) mass is 412 g/mol. The number of guanidine groups is 1. The predicted molar refractivity (Wildman–Crippen MR) is 115 cm³/mol. The number of likely N-dealkylation sites (N-methyl/N-ethyl adjacent to an activating group) is 1. The SMILES string of the molecule is CCNC(=NCC1(N(C)C)CCOCC1)N1CCN(CC(=O)NCCOC)CC1. The van der Waals surface area contributed by atoms with E-state index in [1.54, 1.807) is 7.11 Å². The summed E-state index contributed by atoms with van der Waals surface area (Å²) < 4.78 is 10.5. The van der Waals surface area contributed by atoms with E-state index in [1.165, 1.54) is 0 Å². The van der Waals surface area contributed by atoms with Crippen LogP contribution in [0.25, 0.3) is 0 Å². The fourth-order valence-electron chi connectivity index (χ4n) is 3.82. The summed E-state index contributed by atoms with van der Waals surface area (Å²) in [5.41, 5.74) is 0.0705. The molecular weight excluding hydrogens is 372 g/mol. The van der Waals surface area contributed by atoms with Crippen LogP contribution < -0.4 is 10.6 Å². The summed E-state index contributed by atoms with van der Waals surface area (Å²) in [7, 11) is 5.92. The first kappa shape index (κ1) is 23.9. The van der Waals surface area contributed by atoms with E-state index in [1.807, 2.05) is 0 Å². The normalized spacial score (nSPS) is 20.7. The third kappa shape index (κ3) is 7.40. The zero-order valence-electron chi connectivity index (χ0n) is 18.7. The molecule has 0 aromatic rings. The molecule has 0 atom stereocenters. The number of amides is 1. The Morgan fingerprint density at radius 3 is 2.45 bits per heavy atom. The van der Waals surface area contributed by atoms with E-state index >= 15 is 0 Å². The minimum absolute atomic E-state index is 0.0588. The van der Waals surface area contributed by atoms with Gasteiger partial charge in [0.25, 0.3) is 0 Å². The molecule has 0 aromatic carbocycles. The average molecular weight is 413 g/mol. The van der Waals surface area contributed by atoms with E-state index in [9.17, 15) is 4.79 Å². The van der Waals surface area contributed by atoms with Gasteiger partial charge in [0.2, 0.25) is 5.91 Å². The molecule has 0 radical (unpaired) electrons. The second kappa shape index (κ2) is 12.3. The second-order valence-corrected chi connectivity index (χ2v) is 8.01. The van der Waals surface area contributed by atoms with Crippen LogP contribution in [0.1, 0.15) is 19.8 Å². The van der Waals surface area contributed by atoms with E-state index in [-0.39, 0.29) is 11.4 Å². The lowest BCUT2D eigenvalue weighted by molar-refractivity contribution is -0.122. The van der Waals surface area contributed by atoms with E-state index in [0.29, 0.717) is 19.7 Å². The number of piperazine rings is 1. The number of hydrogen-bond donors (Lipinski definition) is 2. The van der Waals surface area contributed by atoms with Gasteiger partial charge in [0.1, 0.15) is 0 Å². The van der Waals surface area contributed by atoms with Crippen LogP contribution in [0.5, 0.6) is 0 Å². The van der Waals surface area contributed by atoms with Crippen molar-refractivity contribution in [3.05, 3.63) is 0 Å². The fraction of sp³-hybridized carbons (Fsp3) is 0.900. The van der Waals surface area contributed by atoms with Crippen molar-refractivity contribution in [2.45, 2.75) is 25.3 Å². The number of carbonyl (C=O) groups excluding carboxylic acids is 1. The Labute approximate surface area is 175 Å². The summed E-state index contributed by atoms with van der Waals surface area (Å²) in [5, 5.41) is 6.34. The van der Waals surface area contributed by atoms with Crippen LogP contribution in [0.15, 0.2) is 4.99 Å². The fourth-order valence-corrected chi connectivity index (χ4v) is 3.82. The molecule has 1 amide bonds. The highest BCUT2D eigenvalue weighted by molar-refractivity contribution is 5.80. The molecule has 9 nitrogen and oxygen atoms in total. The highest BCUT2D eigenvalue weighted by Gasteiger charge is 2.35. The van der Waals surface area contributed by atoms with Crippen LogP contribution in [0.2, 0.25) is 0 Å². The van der Waals surface area contributed by atoms with Gasteiger partial charge in [0.15, 0.2) is 5.96 Å². The number of rotatable bonds is 9. The molecule has 9 heteroatoms. The van der Waals surface area contributed by atoms with Gasteiger partial charge in [-0.15, -0.1) is 0 Å². The summed E-state index contributed by atoms with van der Waals surface area (Å²) in [6, 6.07) is 0. The van der Waals surface area contributed by atoms with E-state index in [4.69, 9.17) is 14.5 Å². The van der Waals surface area contributed by atoms with Crippen LogP contribution in [-0.4, -0.2) is 125 Å². The number of hydrogen-bond acceptors (Lipinski definition) is 6. The predicted octanol–water partition coefficient (Wildman–Crippen LogP) is -0.557. The van der Waals surface area contributed by atoms with Crippen molar-refractivity contribution in [2.24, 2.45) is 4.99 Å². The molecule has 29 heavy (non-hydrogen) atoms. The molecule has 0 aliphatic carbocycles. The van der Waals surface area contributed by atoms with Crippen molar-refractivity contribution in [2.75, 3.05) is 93.4 Å². The topological polar surface area (TPSA) is 81.7 Å². The maximum absolute atomic E-state index is 12.0. The lowest BCUT2D eigenvalue weighted by Crippen LogP contribution is -2.55. The van der Waals surface area contributed by atoms with Crippen LogP contribution >= 0.6 is 0 Å². The van der Waals surface area contributed by atoms with Crippen molar-refractivity contribution >= 4 is 11.9 Å². The lowest BCUT2D eigenvalue weighted by atomic mass is 9.89. The molecule has 0 bridgehead atoms. The highest BCUT2D eigenvalue weighted by Crippen LogP contribution is 2.26. The Morgan fingerprint density at radius 2 is 1.86 bits per heavy atom. The Morgan fingerprint density at radius 1 is 1.17 bits per heavy atom. The summed E-state index contributed by atoms with van der Waals surface area (Å²) in [6.45, 7) is 10.3. The lowest BCUT2D eigenvalue weighted by Gasteiger charge is -2.42. The number of ether oxygens (including phenoxy) is 2. The molecule has 2 aliphatic heterocycles. The van der Waals surface area contributed by atoms with Gasteiger partial charge in [-0.25, -0.2) is 0 Å². The molecule has 0 aromatic heterocycles. The van der Waals surface area contributed by atoms with Gasteiger partial charge in [-0.1, -0.05) is 0 Å². The summed E-state index contributed by atoms with van der Waals surface area (Å²) in [4.78, 5) is 23.8. The highest BCUT2D eigenvalue weighted by atomic mass is 16.5. The van der Waals surface area contributed by atoms with E-state index in [2.05, 4.69) is 46.4 Å². The Bertz CT molecular complexity index is 514. The zero-order chi connectivity index (χ0) is 21.1. The van der Waals surface area contributed by atoms with Crippen molar-refractivity contribution in [1.82, 2.24) is 25.3 Å². The van der Waals surface area contributed by atoms with Crippen LogP contribution in [0.4, 0.5) is 0 Å². The number of nitrogens with one attached hydrogen (secondary N) is 2. The smallest absolute Gasteiger partial charge is 0.234 e. The molecule has 168 valence electrons.